The lowest BCUT2D eigenvalue weighted by atomic mass is 10.2. The number of amides is 2. The Kier molecular flexibility index (Phi) is 6.99. The first-order valence-corrected chi connectivity index (χ1v) is 9.98. The number of rotatable bonds is 8. The van der Waals surface area contributed by atoms with Crippen LogP contribution in [0.25, 0.3) is 6.08 Å². The summed E-state index contributed by atoms with van der Waals surface area (Å²) in [5.41, 5.74) is 2.10. The summed E-state index contributed by atoms with van der Waals surface area (Å²) in [6.45, 7) is 7.28. The van der Waals surface area contributed by atoms with Crippen LogP contribution in [0.5, 0.6) is 0 Å². The molecule has 32 heavy (non-hydrogen) atoms. The number of aryl methyl sites for hydroxylation is 1. The van der Waals surface area contributed by atoms with Crippen LogP contribution in [0.3, 0.4) is 0 Å². The Labute approximate surface area is 184 Å². The van der Waals surface area contributed by atoms with E-state index in [2.05, 4.69) is 27.2 Å². The summed E-state index contributed by atoms with van der Waals surface area (Å²) in [6, 6.07) is 7.96. The molecule has 0 saturated carbocycles. The number of carbonyl (C=O) groups is 2. The Morgan fingerprint density at radius 3 is 2.62 bits per heavy atom. The number of pyridine rings is 1. The topological polar surface area (TPSA) is 109 Å². The number of hydrogen-bond donors (Lipinski definition) is 3. The Hall–Kier alpha value is -4.01. The first-order valence-electron chi connectivity index (χ1n) is 9.98. The molecule has 1 unspecified atom stereocenters. The molecule has 0 aliphatic carbocycles. The fourth-order valence-corrected chi connectivity index (χ4v) is 3.05. The average molecular weight is 437 g/mol. The first-order chi connectivity index (χ1) is 15.3. The van der Waals surface area contributed by atoms with Crippen molar-refractivity contribution < 1.29 is 14.0 Å². The van der Waals surface area contributed by atoms with Crippen LogP contribution < -0.4 is 16.2 Å². The normalized spacial score (nSPS) is 11.6. The van der Waals surface area contributed by atoms with E-state index in [1.165, 1.54) is 30.5 Å². The summed E-state index contributed by atoms with van der Waals surface area (Å²) in [6.07, 6.45) is 2.96. The predicted octanol–water partition coefficient (Wildman–Crippen LogP) is 2.47. The zero-order valence-electron chi connectivity index (χ0n) is 17.8. The summed E-state index contributed by atoms with van der Waals surface area (Å²) in [7, 11) is 0. The van der Waals surface area contributed by atoms with Crippen molar-refractivity contribution in [1.29, 1.82) is 0 Å². The molecule has 0 aliphatic rings. The number of nitrogens with one attached hydrogen (secondary N) is 3. The fourth-order valence-electron chi connectivity index (χ4n) is 3.05. The lowest BCUT2D eigenvalue weighted by molar-refractivity contribution is -0.121. The van der Waals surface area contributed by atoms with Gasteiger partial charge in [-0.1, -0.05) is 18.7 Å². The van der Waals surface area contributed by atoms with Gasteiger partial charge in [0, 0.05) is 24.5 Å². The molecule has 2 aromatic heterocycles. The molecule has 3 N–H and O–H groups in total. The van der Waals surface area contributed by atoms with Crippen LogP contribution in [0.4, 0.5) is 4.39 Å². The molecule has 2 heterocycles. The van der Waals surface area contributed by atoms with Gasteiger partial charge >= 0.3 is 0 Å². The van der Waals surface area contributed by atoms with Crippen molar-refractivity contribution in [2.24, 2.45) is 0 Å². The van der Waals surface area contributed by atoms with Gasteiger partial charge in [-0.05, 0) is 43.7 Å². The Bertz CT molecular complexity index is 1200. The number of carbonyl (C=O) groups excluding carboxylic acids is 2. The van der Waals surface area contributed by atoms with Gasteiger partial charge in [0.05, 0.1) is 17.3 Å². The van der Waals surface area contributed by atoms with Crippen molar-refractivity contribution >= 4 is 17.9 Å². The van der Waals surface area contributed by atoms with Gasteiger partial charge in [-0.2, -0.15) is 0 Å². The van der Waals surface area contributed by atoms with Crippen LogP contribution in [-0.4, -0.2) is 26.3 Å². The summed E-state index contributed by atoms with van der Waals surface area (Å²) >= 11 is 0. The molecule has 166 valence electrons. The zero-order valence-corrected chi connectivity index (χ0v) is 17.8. The molecular weight excluding hydrogens is 413 g/mol. The lowest BCUT2D eigenvalue weighted by Crippen LogP contribution is -2.33. The summed E-state index contributed by atoms with van der Waals surface area (Å²) in [4.78, 5) is 44.5. The van der Waals surface area contributed by atoms with Crippen molar-refractivity contribution in [3.05, 3.63) is 93.7 Å². The first kappa shape index (κ1) is 22.7. The van der Waals surface area contributed by atoms with Gasteiger partial charge in [-0.3, -0.25) is 14.4 Å². The number of halogens is 1. The van der Waals surface area contributed by atoms with E-state index in [1.807, 2.05) is 6.92 Å². The molecule has 3 rings (SSSR count). The number of imidazole rings is 1. The van der Waals surface area contributed by atoms with Crippen LogP contribution >= 0.6 is 0 Å². The second-order valence-electron chi connectivity index (χ2n) is 7.32. The zero-order chi connectivity index (χ0) is 23.3. The van der Waals surface area contributed by atoms with Crippen LogP contribution in [0.1, 0.15) is 46.1 Å². The molecule has 3 aromatic rings. The third-order valence-electron chi connectivity index (χ3n) is 4.85. The molecule has 0 saturated heterocycles. The van der Waals surface area contributed by atoms with Crippen LogP contribution in [0.15, 0.2) is 54.0 Å². The third-order valence-corrected chi connectivity index (χ3v) is 4.85. The maximum Gasteiger partial charge on any atom is 0.253 e. The van der Waals surface area contributed by atoms with E-state index >= 15 is 0 Å². The molecule has 1 atom stereocenters. The molecule has 0 fully saturated rings. The third kappa shape index (κ3) is 5.57. The minimum atomic E-state index is -0.413. The molecule has 2 amide bonds. The Morgan fingerprint density at radius 2 is 1.97 bits per heavy atom. The van der Waals surface area contributed by atoms with Gasteiger partial charge in [0.25, 0.3) is 11.5 Å². The van der Waals surface area contributed by atoms with E-state index in [0.29, 0.717) is 11.5 Å². The molecule has 1 aromatic carbocycles. The largest absolute Gasteiger partial charge is 0.350 e. The highest BCUT2D eigenvalue weighted by atomic mass is 19.1. The highest BCUT2D eigenvalue weighted by Gasteiger charge is 2.16. The smallest absolute Gasteiger partial charge is 0.253 e. The minimum absolute atomic E-state index is 0.195. The summed E-state index contributed by atoms with van der Waals surface area (Å²) < 4.78 is 14.1. The predicted molar refractivity (Wildman–Crippen MR) is 118 cm³/mol. The van der Waals surface area contributed by atoms with Crippen molar-refractivity contribution in [3.63, 3.8) is 0 Å². The van der Waals surface area contributed by atoms with E-state index in [1.54, 1.807) is 25.1 Å². The van der Waals surface area contributed by atoms with E-state index in [9.17, 15) is 18.8 Å². The molecule has 0 bridgehead atoms. The van der Waals surface area contributed by atoms with Crippen molar-refractivity contribution in [3.8, 4) is 0 Å². The fraction of sp³-hybridized carbons (Fsp3) is 0.217. The summed E-state index contributed by atoms with van der Waals surface area (Å²) in [5, 5.41) is 5.48. The van der Waals surface area contributed by atoms with Crippen LogP contribution in [0, 0.1) is 12.7 Å². The standard InChI is InChI=1S/C23H24FN5O3/c1-4-19-14(2)26-22(28-19)15(3)27-23(32)17-7-10-21(31)29(12-17)13-20(30)25-11-16-5-8-18(24)9-6-16/h4-10,12,15H,1,11,13H2,2-3H3,(H,25,30)(H,26,28)(H,27,32). The minimum Gasteiger partial charge on any atom is -0.350 e. The van der Waals surface area contributed by atoms with Gasteiger partial charge in [-0.25, -0.2) is 9.37 Å². The second kappa shape index (κ2) is 9.86. The molecular formula is C23H24FN5O3. The van der Waals surface area contributed by atoms with Crippen molar-refractivity contribution in [1.82, 2.24) is 25.2 Å². The van der Waals surface area contributed by atoms with E-state index in [0.717, 1.165) is 15.8 Å². The number of H-pyrrole nitrogens is 1. The highest BCUT2D eigenvalue weighted by Crippen LogP contribution is 2.13. The van der Waals surface area contributed by atoms with Gasteiger partial charge in [0.15, 0.2) is 0 Å². The maximum absolute atomic E-state index is 13.0. The highest BCUT2D eigenvalue weighted by molar-refractivity contribution is 5.94. The van der Waals surface area contributed by atoms with Crippen molar-refractivity contribution in [2.45, 2.75) is 33.0 Å². The van der Waals surface area contributed by atoms with Crippen LogP contribution in [0.2, 0.25) is 0 Å². The summed E-state index contributed by atoms with van der Waals surface area (Å²) in [5.74, 6) is -0.601. The van der Waals surface area contributed by atoms with Gasteiger partial charge in [-0.15, -0.1) is 0 Å². The van der Waals surface area contributed by atoms with E-state index in [-0.39, 0.29) is 24.5 Å². The Balaban J connectivity index is 1.64. The number of nitrogens with zero attached hydrogens (tertiary/aromatic N) is 2. The molecule has 9 heteroatoms. The number of hydrogen-bond acceptors (Lipinski definition) is 4. The molecule has 0 spiro atoms. The molecule has 8 nitrogen and oxygen atoms in total. The average Bonchev–Trinajstić information content (AvgIpc) is 3.15. The Morgan fingerprint density at radius 1 is 1.25 bits per heavy atom. The maximum atomic E-state index is 13.0. The molecule has 0 aliphatic heterocycles. The lowest BCUT2D eigenvalue weighted by Gasteiger charge is -2.13. The molecule has 0 radical (unpaired) electrons. The van der Waals surface area contributed by atoms with Gasteiger partial charge in [0.1, 0.15) is 18.2 Å². The van der Waals surface area contributed by atoms with Gasteiger partial charge in [0.2, 0.25) is 5.91 Å². The van der Waals surface area contributed by atoms with Gasteiger partial charge < -0.3 is 20.2 Å². The SMILES string of the molecule is C=Cc1nc(C(C)NC(=O)c2ccc(=O)n(CC(=O)NCc3ccc(F)cc3)c2)[nH]c1C. The number of aromatic amines is 1. The van der Waals surface area contributed by atoms with Crippen molar-refractivity contribution in [2.75, 3.05) is 0 Å². The number of benzene rings is 1. The van der Waals surface area contributed by atoms with E-state index in [4.69, 9.17) is 0 Å². The second-order valence-corrected chi connectivity index (χ2v) is 7.32. The van der Waals surface area contributed by atoms with Crippen LogP contribution in [-0.2, 0) is 17.9 Å². The van der Waals surface area contributed by atoms with E-state index < -0.39 is 23.4 Å². The number of aromatic nitrogens is 3. The monoisotopic (exact) mass is 437 g/mol. The quantitative estimate of drug-likeness (QED) is 0.503.